The van der Waals surface area contributed by atoms with E-state index in [1.807, 2.05) is 37.3 Å². The summed E-state index contributed by atoms with van der Waals surface area (Å²) < 4.78 is 0. The zero-order valence-corrected chi connectivity index (χ0v) is 11.9. The first kappa shape index (κ1) is 14.5. The molecule has 0 aliphatic rings. The molecule has 0 bridgehead atoms. The maximum atomic E-state index is 11.6. The summed E-state index contributed by atoms with van der Waals surface area (Å²) in [4.78, 5) is 16.2. The van der Waals surface area contributed by atoms with Crippen molar-refractivity contribution in [3.05, 3.63) is 41.6 Å². The maximum Gasteiger partial charge on any atom is 0.220 e. The molecule has 1 heterocycles. The number of pyridine rings is 1. The van der Waals surface area contributed by atoms with Crippen LogP contribution in [0, 0.1) is 6.92 Å². The highest BCUT2D eigenvalue weighted by Crippen LogP contribution is 2.16. The minimum atomic E-state index is -0.514. The number of benzene rings is 1. The summed E-state index contributed by atoms with van der Waals surface area (Å²) in [6.45, 7) is 3.98. The molecule has 2 rings (SSSR count). The summed E-state index contributed by atoms with van der Waals surface area (Å²) in [5.74, 6) is -0.0578. The van der Waals surface area contributed by atoms with Crippen molar-refractivity contribution in [2.75, 3.05) is 6.54 Å². The number of amides is 1. The topological polar surface area (TPSA) is 62.2 Å². The maximum absolute atomic E-state index is 11.6. The molecule has 1 unspecified atom stereocenters. The molecule has 1 atom stereocenters. The van der Waals surface area contributed by atoms with Crippen molar-refractivity contribution in [2.24, 2.45) is 0 Å². The molecule has 1 amide bonds. The van der Waals surface area contributed by atoms with Gasteiger partial charge in [0.1, 0.15) is 0 Å². The fraction of sp³-hybridized carbons (Fsp3) is 0.375. The third-order valence-corrected chi connectivity index (χ3v) is 3.18. The monoisotopic (exact) mass is 272 g/mol. The van der Waals surface area contributed by atoms with Gasteiger partial charge in [0.15, 0.2) is 0 Å². The van der Waals surface area contributed by atoms with E-state index in [1.165, 1.54) is 0 Å². The summed E-state index contributed by atoms with van der Waals surface area (Å²) in [5, 5.41) is 12.9. The van der Waals surface area contributed by atoms with Crippen LogP contribution in [-0.4, -0.2) is 28.6 Å². The first-order valence-electron chi connectivity index (χ1n) is 6.86. The summed E-state index contributed by atoms with van der Waals surface area (Å²) in [6.07, 6.45) is 0.480. The average molecular weight is 272 g/mol. The van der Waals surface area contributed by atoms with Crippen LogP contribution in [-0.2, 0) is 11.2 Å². The predicted molar refractivity (Wildman–Crippen MR) is 79.5 cm³/mol. The third kappa shape index (κ3) is 3.78. The van der Waals surface area contributed by atoms with Crippen molar-refractivity contribution in [3.8, 4) is 0 Å². The Morgan fingerprint density at radius 2 is 2.15 bits per heavy atom. The first-order valence-corrected chi connectivity index (χ1v) is 6.86. The van der Waals surface area contributed by atoms with E-state index < -0.39 is 6.10 Å². The van der Waals surface area contributed by atoms with Crippen LogP contribution in [0.1, 0.15) is 24.6 Å². The number of nitrogens with one attached hydrogen (secondary N) is 1. The number of carbonyl (C=O) groups is 1. The Morgan fingerprint density at radius 1 is 1.35 bits per heavy atom. The van der Waals surface area contributed by atoms with Crippen molar-refractivity contribution < 1.29 is 9.90 Å². The first-order chi connectivity index (χ1) is 9.56. The molecule has 4 nitrogen and oxygen atoms in total. The average Bonchev–Trinajstić information content (AvgIpc) is 2.43. The highest BCUT2D eigenvalue weighted by atomic mass is 16.3. The molecule has 0 saturated heterocycles. The van der Waals surface area contributed by atoms with E-state index in [2.05, 4.69) is 10.3 Å². The predicted octanol–water partition coefficient (Wildman–Crippen LogP) is 1.97. The van der Waals surface area contributed by atoms with Crippen LogP contribution in [0.2, 0.25) is 0 Å². The Morgan fingerprint density at radius 3 is 2.90 bits per heavy atom. The van der Waals surface area contributed by atoms with E-state index in [4.69, 9.17) is 5.11 Å². The minimum Gasteiger partial charge on any atom is -0.392 e. The lowest BCUT2D eigenvalue weighted by atomic mass is 10.1. The summed E-state index contributed by atoms with van der Waals surface area (Å²) >= 11 is 0. The van der Waals surface area contributed by atoms with Crippen LogP contribution in [0.25, 0.3) is 10.9 Å². The summed E-state index contributed by atoms with van der Waals surface area (Å²) in [7, 11) is 0. The van der Waals surface area contributed by atoms with E-state index in [0.717, 1.165) is 22.2 Å². The van der Waals surface area contributed by atoms with E-state index >= 15 is 0 Å². The van der Waals surface area contributed by atoms with Gasteiger partial charge in [-0.25, -0.2) is 0 Å². The standard InChI is InChI=1S/C16H20N2O2/c1-11-4-3-5-13-6-7-14(18-16(11)13)8-9-15(20)17-10-12(2)19/h3-7,12,19H,8-10H2,1-2H3,(H,17,20). The molecule has 1 aromatic carbocycles. The Kier molecular flexibility index (Phi) is 4.69. The van der Waals surface area contributed by atoms with Gasteiger partial charge in [0.2, 0.25) is 5.91 Å². The number of aliphatic hydroxyl groups is 1. The number of aliphatic hydroxyl groups excluding tert-OH is 1. The second-order valence-electron chi connectivity index (χ2n) is 5.10. The minimum absolute atomic E-state index is 0.0578. The van der Waals surface area contributed by atoms with Crippen LogP contribution in [0.15, 0.2) is 30.3 Å². The van der Waals surface area contributed by atoms with E-state index in [9.17, 15) is 4.79 Å². The quantitative estimate of drug-likeness (QED) is 0.874. The lowest BCUT2D eigenvalue weighted by Gasteiger charge is -2.07. The van der Waals surface area contributed by atoms with Crippen molar-refractivity contribution in [3.63, 3.8) is 0 Å². The van der Waals surface area contributed by atoms with Gasteiger partial charge >= 0.3 is 0 Å². The molecule has 106 valence electrons. The van der Waals surface area contributed by atoms with Gasteiger partial charge in [-0.15, -0.1) is 0 Å². The van der Waals surface area contributed by atoms with Crippen LogP contribution >= 0.6 is 0 Å². The lowest BCUT2D eigenvalue weighted by molar-refractivity contribution is -0.121. The second-order valence-corrected chi connectivity index (χ2v) is 5.10. The Bertz CT molecular complexity index is 608. The number of fused-ring (bicyclic) bond motifs is 1. The number of rotatable bonds is 5. The van der Waals surface area contributed by atoms with Crippen molar-refractivity contribution in [1.29, 1.82) is 0 Å². The van der Waals surface area contributed by atoms with Gasteiger partial charge in [0.05, 0.1) is 11.6 Å². The fourth-order valence-electron chi connectivity index (χ4n) is 2.07. The lowest BCUT2D eigenvalue weighted by Crippen LogP contribution is -2.30. The Hall–Kier alpha value is -1.94. The number of aryl methyl sites for hydroxylation is 2. The Balaban J connectivity index is 2.00. The number of hydrogen-bond donors (Lipinski definition) is 2. The van der Waals surface area contributed by atoms with Crippen molar-refractivity contribution >= 4 is 16.8 Å². The van der Waals surface area contributed by atoms with Crippen LogP contribution in [0.4, 0.5) is 0 Å². The molecule has 0 saturated carbocycles. The van der Waals surface area contributed by atoms with Gasteiger partial charge in [-0.1, -0.05) is 24.3 Å². The zero-order chi connectivity index (χ0) is 14.5. The second kappa shape index (κ2) is 6.48. The van der Waals surface area contributed by atoms with Gasteiger partial charge < -0.3 is 10.4 Å². The molecule has 1 aromatic heterocycles. The van der Waals surface area contributed by atoms with E-state index in [0.29, 0.717) is 19.4 Å². The molecule has 0 spiro atoms. The summed E-state index contributed by atoms with van der Waals surface area (Å²) in [6, 6.07) is 10.1. The number of aromatic nitrogens is 1. The number of hydrogen-bond acceptors (Lipinski definition) is 3. The normalized spacial score (nSPS) is 12.3. The van der Waals surface area contributed by atoms with Gasteiger partial charge in [-0.3, -0.25) is 9.78 Å². The van der Waals surface area contributed by atoms with Gasteiger partial charge in [0, 0.05) is 24.0 Å². The number of carbonyl (C=O) groups excluding carboxylic acids is 1. The van der Waals surface area contributed by atoms with Gasteiger partial charge in [0.25, 0.3) is 0 Å². The zero-order valence-electron chi connectivity index (χ0n) is 11.9. The molecule has 2 aromatic rings. The van der Waals surface area contributed by atoms with Crippen LogP contribution in [0.5, 0.6) is 0 Å². The Labute approximate surface area is 118 Å². The SMILES string of the molecule is Cc1cccc2ccc(CCC(=O)NCC(C)O)nc12. The van der Waals surface area contributed by atoms with Crippen LogP contribution < -0.4 is 5.32 Å². The van der Waals surface area contributed by atoms with Crippen molar-refractivity contribution in [1.82, 2.24) is 10.3 Å². The molecule has 4 heteroatoms. The molecule has 0 fully saturated rings. The molecular weight excluding hydrogens is 252 g/mol. The number of nitrogens with zero attached hydrogens (tertiary/aromatic N) is 1. The van der Waals surface area contributed by atoms with Crippen molar-refractivity contribution in [2.45, 2.75) is 32.8 Å². The van der Waals surface area contributed by atoms with Gasteiger partial charge in [-0.2, -0.15) is 0 Å². The molecular formula is C16H20N2O2. The summed E-state index contributed by atoms with van der Waals surface area (Å²) in [5.41, 5.74) is 3.05. The van der Waals surface area contributed by atoms with Crippen LogP contribution in [0.3, 0.4) is 0 Å². The van der Waals surface area contributed by atoms with Gasteiger partial charge in [-0.05, 0) is 31.9 Å². The molecule has 2 N–H and O–H groups in total. The largest absolute Gasteiger partial charge is 0.392 e. The highest BCUT2D eigenvalue weighted by molar-refractivity contribution is 5.82. The van der Waals surface area contributed by atoms with E-state index in [1.54, 1.807) is 6.92 Å². The molecule has 0 radical (unpaired) electrons. The third-order valence-electron chi connectivity index (χ3n) is 3.18. The van der Waals surface area contributed by atoms with E-state index in [-0.39, 0.29) is 5.91 Å². The molecule has 0 aliphatic carbocycles. The molecule has 20 heavy (non-hydrogen) atoms. The smallest absolute Gasteiger partial charge is 0.220 e. The molecule has 0 aliphatic heterocycles. The highest BCUT2D eigenvalue weighted by Gasteiger charge is 2.06. The number of para-hydroxylation sites is 1. The fourth-order valence-corrected chi connectivity index (χ4v) is 2.07.